The molecule has 1 aromatic rings. The van der Waals surface area contributed by atoms with Crippen LogP contribution in [0.3, 0.4) is 0 Å². The van der Waals surface area contributed by atoms with Crippen LogP contribution in [0.1, 0.15) is 30.8 Å². The minimum atomic E-state index is -0.663. The van der Waals surface area contributed by atoms with Crippen LogP contribution in [0.25, 0.3) is 0 Å². The van der Waals surface area contributed by atoms with Crippen LogP contribution in [0.4, 0.5) is 0 Å². The molecule has 0 aliphatic rings. The van der Waals surface area contributed by atoms with E-state index in [4.69, 9.17) is 0 Å². The van der Waals surface area contributed by atoms with Crippen molar-refractivity contribution in [1.82, 2.24) is 10.5 Å². The molecule has 6 heteroatoms. The number of amides is 1. The van der Waals surface area contributed by atoms with Crippen molar-refractivity contribution in [2.24, 2.45) is 5.92 Å². The van der Waals surface area contributed by atoms with E-state index in [1.165, 1.54) is 19.4 Å². The fourth-order valence-corrected chi connectivity index (χ4v) is 1.39. The average Bonchev–Trinajstić information content (AvgIpc) is 2.79. The quantitative estimate of drug-likeness (QED) is 0.776. The molecule has 0 bridgehead atoms. The maximum absolute atomic E-state index is 11.7. The number of rotatable bonds is 5. The van der Waals surface area contributed by atoms with Gasteiger partial charge < -0.3 is 14.6 Å². The molecule has 17 heavy (non-hydrogen) atoms. The van der Waals surface area contributed by atoms with E-state index in [0.29, 0.717) is 6.42 Å². The highest BCUT2D eigenvalue weighted by Gasteiger charge is 2.23. The molecule has 0 spiro atoms. The average molecular weight is 240 g/mol. The summed E-state index contributed by atoms with van der Waals surface area (Å²) in [6.07, 6.45) is 1.81. The topological polar surface area (TPSA) is 81.4 Å². The molecule has 6 nitrogen and oxygen atoms in total. The molecule has 94 valence electrons. The highest BCUT2D eigenvalue weighted by molar-refractivity contribution is 5.94. The number of ether oxygens (including phenoxy) is 1. The zero-order valence-electron chi connectivity index (χ0n) is 10.1. The molecule has 1 amide bonds. The van der Waals surface area contributed by atoms with Gasteiger partial charge in [0.1, 0.15) is 12.3 Å². The molecule has 1 unspecified atom stereocenters. The van der Waals surface area contributed by atoms with Crippen LogP contribution in [0.2, 0.25) is 0 Å². The van der Waals surface area contributed by atoms with Crippen molar-refractivity contribution in [2.75, 3.05) is 7.11 Å². The summed E-state index contributed by atoms with van der Waals surface area (Å²) in [4.78, 5) is 23.1. The number of carbonyl (C=O) groups excluding carboxylic acids is 2. The first kappa shape index (κ1) is 13.2. The number of carbonyl (C=O) groups is 2. The van der Waals surface area contributed by atoms with Gasteiger partial charge >= 0.3 is 5.97 Å². The summed E-state index contributed by atoms with van der Waals surface area (Å²) >= 11 is 0. The number of hydrogen-bond donors (Lipinski definition) is 1. The molecule has 1 rings (SSSR count). The van der Waals surface area contributed by atoms with Crippen LogP contribution in [-0.2, 0) is 9.53 Å². The summed E-state index contributed by atoms with van der Waals surface area (Å²) < 4.78 is 9.19. The zero-order chi connectivity index (χ0) is 12.8. The number of aromatic nitrogens is 1. The molecule has 1 atom stereocenters. The summed E-state index contributed by atoms with van der Waals surface area (Å²) in [7, 11) is 1.29. The lowest BCUT2D eigenvalue weighted by Gasteiger charge is -2.17. The smallest absolute Gasteiger partial charge is 0.328 e. The highest BCUT2D eigenvalue weighted by atomic mass is 16.5. The summed E-state index contributed by atoms with van der Waals surface area (Å²) in [5.74, 6) is -0.651. The SMILES string of the molecule is COC(=O)C(CC(C)C)NC(=O)c1ccon1. The van der Waals surface area contributed by atoms with Crippen LogP contribution in [0, 0.1) is 5.92 Å². The number of esters is 1. The number of nitrogens with zero attached hydrogens (tertiary/aromatic N) is 1. The standard InChI is InChI=1S/C11H16N2O4/c1-7(2)6-9(11(15)16-3)12-10(14)8-4-5-17-13-8/h4-5,7,9H,6H2,1-3H3,(H,12,14). The van der Waals surface area contributed by atoms with Crippen molar-refractivity contribution in [2.45, 2.75) is 26.3 Å². The van der Waals surface area contributed by atoms with Gasteiger partial charge in [-0.1, -0.05) is 19.0 Å². The van der Waals surface area contributed by atoms with E-state index in [9.17, 15) is 9.59 Å². The van der Waals surface area contributed by atoms with Gasteiger partial charge in [0.2, 0.25) is 0 Å². The molecule has 0 saturated carbocycles. The van der Waals surface area contributed by atoms with Gasteiger partial charge in [-0.25, -0.2) is 4.79 Å². The second kappa shape index (κ2) is 6.03. The molecule has 0 radical (unpaired) electrons. The zero-order valence-corrected chi connectivity index (χ0v) is 10.1. The third-order valence-electron chi connectivity index (χ3n) is 2.17. The van der Waals surface area contributed by atoms with E-state index in [2.05, 4.69) is 19.7 Å². The first-order chi connectivity index (χ1) is 8.04. The third-order valence-corrected chi connectivity index (χ3v) is 2.17. The summed E-state index contributed by atoms with van der Waals surface area (Å²) in [5, 5.41) is 6.06. The fraction of sp³-hybridized carbons (Fsp3) is 0.545. The second-order valence-corrected chi connectivity index (χ2v) is 4.06. The molecular weight excluding hydrogens is 224 g/mol. The lowest BCUT2D eigenvalue weighted by atomic mass is 10.0. The van der Waals surface area contributed by atoms with Crippen molar-refractivity contribution in [3.63, 3.8) is 0 Å². The summed E-state index contributed by atoms with van der Waals surface area (Å²) in [6.45, 7) is 3.91. The lowest BCUT2D eigenvalue weighted by Crippen LogP contribution is -2.42. The van der Waals surface area contributed by atoms with E-state index in [1.807, 2.05) is 13.8 Å². The first-order valence-corrected chi connectivity index (χ1v) is 5.33. The van der Waals surface area contributed by atoms with Gasteiger partial charge in [0, 0.05) is 6.07 Å². The summed E-state index contributed by atoms with van der Waals surface area (Å²) in [6, 6.07) is 0.767. The van der Waals surface area contributed by atoms with E-state index < -0.39 is 17.9 Å². The predicted octanol–water partition coefficient (Wildman–Crippen LogP) is 0.992. The highest BCUT2D eigenvalue weighted by Crippen LogP contribution is 2.07. The van der Waals surface area contributed by atoms with Crippen molar-refractivity contribution < 1.29 is 18.8 Å². The van der Waals surface area contributed by atoms with E-state index >= 15 is 0 Å². The lowest BCUT2D eigenvalue weighted by molar-refractivity contribution is -0.143. The van der Waals surface area contributed by atoms with Crippen molar-refractivity contribution >= 4 is 11.9 Å². The Morgan fingerprint density at radius 1 is 1.53 bits per heavy atom. The van der Waals surface area contributed by atoms with Crippen LogP contribution in [0.5, 0.6) is 0 Å². The van der Waals surface area contributed by atoms with Crippen LogP contribution in [0.15, 0.2) is 16.9 Å². The van der Waals surface area contributed by atoms with Crippen LogP contribution in [-0.4, -0.2) is 30.2 Å². The minimum Gasteiger partial charge on any atom is -0.467 e. The molecule has 0 fully saturated rings. The van der Waals surface area contributed by atoms with Crippen molar-refractivity contribution in [3.05, 3.63) is 18.0 Å². The van der Waals surface area contributed by atoms with E-state index in [-0.39, 0.29) is 11.6 Å². The first-order valence-electron chi connectivity index (χ1n) is 5.33. The molecule has 1 N–H and O–H groups in total. The monoisotopic (exact) mass is 240 g/mol. The number of hydrogen-bond acceptors (Lipinski definition) is 5. The minimum absolute atomic E-state index is 0.141. The fourth-order valence-electron chi connectivity index (χ4n) is 1.39. The third kappa shape index (κ3) is 3.90. The Labute approximate surface area is 99.3 Å². The molecule has 0 aliphatic carbocycles. The Balaban J connectivity index is 2.66. The van der Waals surface area contributed by atoms with Crippen LogP contribution >= 0.6 is 0 Å². The van der Waals surface area contributed by atoms with Gasteiger partial charge in [0.15, 0.2) is 5.69 Å². The number of methoxy groups -OCH3 is 1. The Morgan fingerprint density at radius 2 is 2.24 bits per heavy atom. The molecule has 0 aliphatic heterocycles. The Bertz CT molecular complexity index is 373. The second-order valence-electron chi connectivity index (χ2n) is 4.06. The van der Waals surface area contributed by atoms with Crippen molar-refractivity contribution in [1.29, 1.82) is 0 Å². The van der Waals surface area contributed by atoms with E-state index in [0.717, 1.165) is 0 Å². The normalized spacial score (nSPS) is 12.2. The molecular formula is C11H16N2O4. The predicted molar refractivity (Wildman–Crippen MR) is 59.2 cm³/mol. The van der Waals surface area contributed by atoms with Gasteiger partial charge in [0.05, 0.1) is 7.11 Å². The van der Waals surface area contributed by atoms with E-state index in [1.54, 1.807) is 0 Å². The maximum atomic E-state index is 11.7. The van der Waals surface area contributed by atoms with Crippen molar-refractivity contribution in [3.8, 4) is 0 Å². The summed E-state index contributed by atoms with van der Waals surface area (Å²) in [5.41, 5.74) is 0.141. The van der Waals surface area contributed by atoms with Gasteiger partial charge in [-0.3, -0.25) is 4.79 Å². The Kier molecular flexibility index (Phi) is 4.68. The van der Waals surface area contributed by atoms with Crippen LogP contribution < -0.4 is 5.32 Å². The van der Waals surface area contributed by atoms with Gasteiger partial charge in [0.25, 0.3) is 5.91 Å². The molecule has 1 heterocycles. The molecule has 1 aromatic heterocycles. The maximum Gasteiger partial charge on any atom is 0.328 e. The molecule has 0 aromatic carbocycles. The Hall–Kier alpha value is -1.85. The molecule has 0 saturated heterocycles. The van der Waals surface area contributed by atoms with Gasteiger partial charge in [-0.05, 0) is 12.3 Å². The largest absolute Gasteiger partial charge is 0.467 e. The Morgan fingerprint density at radius 3 is 2.71 bits per heavy atom. The van der Waals surface area contributed by atoms with Gasteiger partial charge in [-0.15, -0.1) is 0 Å². The number of nitrogens with one attached hydrogen (secondary N) is 1. The van der Waals surface area contributed by atoms with Gasteiger partial charge in [-0.2, -0.15) is 0 Å².